The smallest absolute Gasteiger partial charge is 0.251 e. The molecule has 5 heteroatoms. The molecule has 1 fully saturated rings. The summed E-state index contributed by atoms with van der Waals surface area (Å²) in [4.78, 5) is 14.9. The van der Waals surface area contributed by atoms with E-state index in [9.17, 15) is 4.79 Å². The second-order valence-electron chi connectivity index (χ2n) is 4.26. The average Bonchev–Trinajstić information content (AvgIpc) is 2.40. The minimum atomic E-state index is -0.0424. The van der Waals surface area contributed by atoms with Crippen LogP contribution in [0.1, 0.15) is 10.4 Å². The molecule has 1 aromatic rings. The van der Waals surface area contributed by atoms with Gasteiger partial charge in [0.15, 0.2) is 0 Å². The fourth-order valence-electron chi connectivity index (χ4n) is 1.90. The Morgan fingerprint density at radius 2 is 2.17 bits per heavy atom. The summed E-state index contributed by atoms with van der Waals surface area (Å²) in [5.41, 5.74) is 0.657. The molecule has 1 aliphatic heterocycles. The maximum absolute atomic E-state index is 11.9. The Kier molecular flexibility index (Phi) is 5.04. The van der Waals surface area contributed by atoms with Gasteiger partial charge in [-0.2, -0.15) is 0 Å². The fraction of sp³-hybridized carbons (Fsp3) is 0.462. The Labute approximate surface area is 113 Å². The molecule has 1 N–H and O–H groups in total. The van der Waals surface area contributed by atoms with E-state index in [4.69, 9.17) is 4.74 Å². The van der Waals surface area contributed by atoms with Gasteiger partial charge in [0.25, 0.3) is 5.91 Å². The molecule has 0 aromatic heterocycles. The third-order valence-corrected chi connectivity index (χ3v) is 3.20. The van der Waals surface area contributed by atoms with E-state index in [2.05, 4.69) is 22.8 Å². The quantitative estimate of drug-likeness (QED) is 0.800. The molecule has 1 heterocycles. The average molecular weight is 266 g/mol. The molecule has 1 amide bonds. The molecule has 0 unspecified atom stereocenters. The van der Waals surface area contributed by atoms with Crippen LogP contribution in [0.15, 0.2) is 29.2 Å². The Balaban J connectivity index is 1.74. The maximum Gasteiger partial charge on any atom is 0.251 e. The van der Waals surface area contributed by atoms with Crippen LogP contribution in [0, 0.1) is 0 Å². The zero-order valence-corrected chi connectivity index (χ0v) is 11.2. The molecule has 98 valence electrons. The molecule has 0 aliphatic carbocycles. The minimum absolute atomic E-state index is 0.0424. The third kappa shape index (κ3) is 4.01. The van der Waals surface area contributed by atoms with Crippen LogP contribution < -0.4 is 5.32 Å². The molecule has 2 rings (SSSR count). The second-order valence-corrected chi connectivity index (χ2v) is 4.78. The Bertz CT molecular complexity index is 406. The fourth-order valence-corrected chi connectivity index (χ4v) is 2.13. The van der Waals surface area contributed by atoms with Crippen LogP contribution >= 0.6 is 12.6 Å². The van der Waals surface area contributed by atoms with Crippen molar-refractivity contribution in [1.29, 1.82) is 0 Å². The minimum Gasteiger partial charge on any atom is -0.379 e. The highest BCUT2D eigenvalue weighted by molar-refractivity contribution is 7.80. The van der Waals surface area contributed by atoms with E-state index in [1.54, 1.807) is 12.1 Å². The standard InChI is InChI=1S/C13H18N2O2S/c16-13(11-2-1-3-12(18)10-11)14-4-5-15-6-8-17-9-7-15/h1-3,10,18H,4-9H2,(H,14,16). The van der Waals surface area contributed by atoms with Crippen LogP contribution in [0.5, 0.6) is 0 Å². The SMILES string of the molecule is O=C(NCCN1CCOCC1)c1cccc(S)c1. The third-order valence-electron chi connectivity index (χ3n) is 2.93. The Hall–Kier alpha value is -1.04. The first-order valence-corrected chi connectivity index (χ1v) is 6.58. The molecule has 0 spiro atoms. The van der Waals surface area contributed by atoms with Gasteiger partial charge in [-0.15, -0.1) is 12.6 Å². The number of amides is 1. The van der Waals surface area contributed by atoms with E-state index in [-0.39, 0.29) is 5.91 Å². The van der Waals surface area contributed by atoms with Crippen molar-refractivity contribution < 1.29 is 9.53 Å². The van der Waals surface area contributed by atoms with Crippen LogP contribution in [-0.2, 0) is 4.74 Å². The highest BCUT2D eigenvalue weighted by Crippen LogP contribution is 2.08. The van der Waals surface area contributed by atoms with Crippen LogP contribution in [0.2, 0.25) is 0 Å². The monoisotopic (exact) mass is 266 g/mol. The molecular weight excluding hydrogens is 248 g/mol. The first kappa shape index (κ1) is 13.4. The number of hydrogen-bond acceptors (Lipinski definition) is 4. The number of thiol groups is 1. The lowest BCUT2D eigenvalue weighted by Crippen LogP contribution is -2.41. The summed E-state index contributed by atoms with van der Waals surface area (Å²) in [7, 11) is 0. The summed E-state index contributed by atoms with van der Waals surface area (Å²) in [6.07, 6.45) is 0. The number of morpholine rings is 1. The van der Waals surface area contributed by atoms with Crippen molar-refractivity contribution in [3.63, 3.8) is 0 Å². The van der Waals surface area contributed by atoms with Crippen molar-refractivity contribution in [3.05, 3.63) is 29.8 Å². The van der Waals surface area contributed by atoms with Gasteiger partial charge in [-0.25, -0.2) is 0 Å². The molecule has 1 saturated heterocycles. The number of nitrogens with zero attached hydrogens (tertiary/aromatic N) is 1. The highest BCUT2D eigenvalue weighted by atomic mass is 32.1. The highest BCUT2D eigenvalue weighted by Gasteiger charge is 2.10. The summed E-state index contributed by atoms with van der Waals surface area (Å²) in [6, 6.07) is 7.25. The van der Waals surface area contributed by atoms with Gasteiger partial charge in [-0.3, -0.25) is 9.69 Å². The zero-order valence-electron chi connectivity index (χ0n) is 10.3. The van der Waals surface area contributed by atoms with E-state index in [1.807, 2.05) is 12.1 Å². The first-order chi connectivity index (χ1) is 8.75. The van der Waals surface area contributed by atoms with Gasteiger partial charge in [0, 0.05) is 36.6 Å². The van der Waals surface area contributed by atoms with Crippen molar-refractivity contribution in [2.24, 2.45) is 0 Å². The lowest BCUT2D eigenvalue weighted by Gasteiger charge is -2.26. The van der Waals surface area contributed by atoms with Gasteiger partial charge in [-0.05, 0) is 18.2 Å². The predicted molar refractivity (Wildman–Crippen MR) is 73.3 cm³/mol. The number of carbonyl (C=O) groups is 1. The molecule has 0 bridgehead atoms. The van der Waals surface area contributed by atoms with E-state index in [1.165, 1.54) is 0 Å². The van der Waals surface area contributed by atoms with Crippen LogP contribution in [0.25, 0.3) is 0 Å². The molecule has 4 nitrogen and oxygen atoms in total. The van der Waals surface area contributed by atoms with Crippen molar-refractivity contribution in [1.82, 2.24) is 10.2 Å². The van der Waals surface area contributed by atoms with E-state index in [0.29, 0.717) is 12.1 Å². The van der Waals surface area contributed by atoms with E-state index < -0.39 is 0 Å². The summed E-state index contributed by atoms with van der Waals surface area (Å²) < 4.78 is 5.27. The zero-order chi connectivity index (χ0) is 12.8. The van der Waals surface area contributed by atoms with Gasteiger partial charge < -0.3 is 10.1 Å². The maximum atomic E-state index is 11.9. The summed E-state index contributed by atoms with van der Waals surface area (Å²) in [6.45, 7) is 5.00. The van der Waals surface area contributed by atoms with E-state index >= 15 is 0 Å². The van der Waals surface area contributed by atoms with Gasteiger partial charge in [-0.1, -0.05) is 6.07 Å². The van der Waals surface area contributed by atoms with E-state index in [0.717, 1.165) is 37.7 Å². The topological polar surface area (TPSA) is 41.6 Å². The summed E-state index contributed by atoms with van der Waals surface area (Å²) in [5.74, 6) is -0.0424. The van der Waals surface area contributed by atoms with Gasteiger partial charge in [0.2, 0.25) is 0 Å². The van der Waals surface area contributed by atoms with Crippen molar-refractivity contribution in [2.45, 2.75) is 4.90 Å². The second kappa shape index (κ2) is 6.78. The molecule has 0 atom stereocenters. The summed E-state index contributed by atoms with van der Waals surface area (Å²) >= 11 is 4.22. The number of nitrogens with one attached hydrogen (secondary N) is 1. The number of ether oxygens (including phenoxy) is 1. The number of rotatable bonds is 4. The van der Waals surface area contributed by atoms with Gasteiger partial charge in [0.05, 0.1) is 13.2 Å². The molecule has 0 radical (unpaired) electrons. The van der Waals surface area contributed by atoms with Crippen LogP contribution in [-0.4, -0.2) is 50.2 Å². The lowest BCUT2D eigenvalue weighted by atomic mass is 10.2. The lowest BCUT2D eigenvalue weighted by molar-refractivity contribution is 0.0383. The molecule has 0 saturated carbocycles. The molecular formula is C13H18N2O2S. The number of carbonyl (C=O) groups excluding carboxylic acids is 1. The normalized spacial score (nSPS) is 16.5. The van der Waals surface area contributed by atoms with Crippen molar-refractivity contribution in [2.75, 3.05) is 39.4 Å². The number of hydrogen-bond donors (Lipinski definition) is 2. The molecule has 1 aliphatic rings. The summed E-state index contributed by atoms with van der Waals surface area (Å²) in [5, 5.41) is 2.92. The van der Waals surface area contributed by atoms with Crippen LogP contribution in [0.4, 0.5) is 0 Å². The molecule has 18 heavy (non-hydrogen) atoms. The Morgan fingerprint density at radius 1 is 1.39 bits per heavy atom. The van der Waals surface area contributed by atoms with Crippen LogP contribution in [0.3, 0.4) is 0 Å². The molecule has 1 aromatic carbocycles. The first-order valence-electron chi connectivity index (χ1n) is 6.13. The Morgan fingerprint density at radius 3 is 2.89 bits per heavy atom. The predicted octanol–water partition coefficient (Wildman–Crippen LogP) is 1.04. The number of benzene rings is 1. The van der Waals surface area contributed by atoms with Gasteiger partial charge in [0.1, 0.15) is 0 Å². The van der Waals surface area contributed by atoms with Crippen molar-refractivity contribution in [3.8, 4) is 0 Å². The largest absolute Gasteiger partial charge is 0.379 e. The van der Waals surface area contributed by atoms with Crippen molar-refractivity contribution >= 4 is 18.5 Å². The van der Waals surface area contributed by atoms with Gasteiger partial charge >= 0.3 is 0 Å².